The predicted molar refractivity (Wildman–Crippen MR) is 411 cm³/mol. The Morgan fingerprint density at radius 3 is 1.47 bits per heavy atom. The number of nitrogens with zero attached hydrogens (tertiary/aromatic N) is 6. The molecule has 0 unspecified atom stereocenters. The fourth-order valence-electron chi connectivity index (χ4n) is 17.9. The molecule has 14 rings (SSSR count). The van der Waals surface area contributed by atoms with Gasteiger partial charge in [0.15, 0.2) is 5.78 Å². The molecule has 3 amide bonds. The van der Waals surface area contributed by atoms with Crippen molar-refractivity contribution in [1.82, 2.24) is 33.6 Å². The smallest absolute Gasteiger partial charge is 0.329 e. The van der Waals surface area contributed by atoms with Crippen molar-refractivity contribution in [2.75, 3.05) is 13.1 Å². The molecular formula is C82H109Cl2F2N7O16S. The first kappa shape index (κ1) is 83.6. The topological polar surface area (TPSA) is 288 Å². The van der Waals surface area contributed by atoms with Gasteiger partial charge in [0.05, 0.1) is 75.8 Å². The van der Waals surface area contributed by atoms with Crippen LogP contribution < -0.4 is 25.3 Å². The number of ketones is 1. The fourth-order valence-corrected chi connectivity index (χ4v) is 19.6. The third-order valence-corrected chi connectivity index (χ3v) is 27.6. The molecule has 110 heavy (non-hydrogen) atoms. The molecule has 0 radical (unpaired) electrons. The maximum absolute atomic E-state index is 15.0. The van der Waals surface area contributed by atoms with Crippen LogP contribution in [-0.2, 0) is 70.9 Å². The van der Waals surface area contributed by atoms with Gasteiger partial charge in [-0.2, -0.15) is 9.97 Å². The zero-order valence-corrected chi connectivity index (χ0v) is 65.9. The number of esters is 3. The normalized spacial score (nSPS) is 32.6. The lowest BCUT2D eigenvalue weighted by molar-refractivity contribution is -0.167. The van der Waals surface area contributed by atoms with Gasteiger partial charge in [-0.3, -0.25) is 52.2 Å². The SMILES string of the molecule is C.C.C[C@@H]1[C@@H]2CN(C(=O)[C@H](C(C)(C)C)CC(=O)O[C@@H]3C[C@@H]4C[C@@H]4[C@H]3CC/C=C/Cn3c(nc4cc(Cl)ccc4c3=O)O2)[C@@H]1C(=O)C[C@]1(C(=O)NS(=O)(=O)C2(C)CC2)C[C@H]1C(F)F.C[C@@H]1[C@@H]2CN(C(=O)[C@H](C(C)(C)C)CC(=O)O[C@@H]3C[C@@H]4C[C@@H]4[C@H]3CC/C=C/Cn3c(nc4cc(Cl)ccc4c3=O)O2)[C@@H]1C(=O)OC(C)(C)C. The number of allylic oxidation sites excluding steroid dienone is 4. The molecule has 2 aromatic heterocycles. The van der Waals surface area contributed by atoms with Gasteiger partial charge in [-0.25, -0.2) is 22.0 Å². The Morgan fingerprint density at radius 2 is 1.06 bits per heavy atom. The van der Waals surface area contributed by atoms with Gasteiger partial charge in [0, 0.05) is 47.3 Å². The Bertz CT molecular complexity index is 4580. The highest BCUT2D eigenvalue weighted by Gasteiger charge is 2.68. The van der Waals surface area contributed by atoms with Crippen molar-refractivity contribution in [3.63, 3.8) is 0 Å². The molecule has 0 spiro atoms. The van der Waals surface area contributed by atoms with Crippen molar-refractivity contribution in [1.29, 1.82) is 0 Å². The van der Waals surface area contributed by atoms with Crippen LogP contribution in [0.5, 0.6) is 12.0 Å². The second-order valence-corrected chi connectivity index (χ2v) is 38.8. The van der Waals surface area contributed by atoms with Crippen molar-refractivity contribution in [2.45, 2.75) is 254 Å². The number of fused-ring (bicyclic) bond motifs is 14. The number of sulfonamides is 1. The minimum absolute atomic E-state index is 0. The molecule has 6 aliphatic carbocycles. The zero-order chi connectivity index (χ0) is 78.0. The summed E-state index contributed by atoms with van der Waals surface area (Å²) in [7, 11) is -4.22. The van der Waals surface area contributed by atoms with E-state index in [1.807, 2.05) is 50.6 Å². The first-order chi connectivity index (χ1) is 50.6. The molecule has 8 fully saturated rings. The van der Waals surface area contributed by atoms with Gasteiger partial charge in [0.1, 0.15) is 36.1 Å². The van der Waals surface area contributed by atoms with E-state index >= 15 is 0 Å². The van der Waals surface area contributed by atoms with Crippen molar-refractivity contribution in [3.8, 4) is 12.0 Å². The first-order valence-electron chi connectivity index (χ1n) is 38.3. The lowest BCUT2D eigenvalue weighted by Gasteiger charge is -2.35. The quantitative estimate of drug-likeness (QED) is 0.0974. The van der Waals surface area contributed by atoms with Gasteiger partial charge in [-0.15, -0.1) is 0 Å². The number of hydrogen-bond donors (Lipinski definition) is 1. The number of aromatic nitrogens is 4. The highest BCUT2D eigenvalue weighted by molar-refractivity contribution is 7.91. The molecule has 4 bridgehead atoms. The molecular weight excluding hydrogens is 1480 g/mol. The monoisotopic (exact) mass is 1590 g/mol. The number of rotatable bonds is 8. The van der Waals surface area contributed by atoms with Gasteiger partial charge in [0.25, 0.3) is 23.1 Å². The average molecular weight is 1590 g/mol. The maximum atomic E-state index is 15.0. The molecule has 2 saturated heterocycles. The first-order valence-corrected chi connectivity index (χ1v) is 40.5. The second kappa shape index (κ2) is 31.2. The highest BCUT2D eigenvalue weighted by atomic mass is 35.5. The number of carbonyl (C=O) groups is 7. The summed E-state index contributed by atoms with van der Waals surface area (Å²) in [5.41, 5.74) is -4.27. The van der Waals surface area contributed by atoms with Crippen molar-refractivity contribution >= 4 is 96.4 Å². The van der Waals surface area contributed by atoms with Gasteiger partial charge >= 0.3 is 17.9 Å². The Balaban J connectivity index is 0.000000219. The van der Waals surface area contributed by atoms with Crippen molar-refractivity contribution < 1.29 is 74.4 Å². The molecule has 2 aromatic carbocycles. The van der Waals surface area contributed by atoms with Crippen LogP contribution in [0, 0.1) is 81.3 Å². The van der Waals surface area contributed by atoms with Crippen LogP contribution in [0.2, 0.25) is 10.0 Å². The summed E-state index contributed by atoms with van der Waals surface area (Å²) in [5.74, 6) is -6.49. The van der Waals surface area contributed by atoms with E-state index in [0.29, 0.717) is 69.3 Å². The zero-order valence-electron chi connectivity index (χ0n) is 63.5. The largest absolute Gasteiger partial charge is 0.462 e. The van der Waals surface area contributed by atoms with Crippen LogP contribution in [0.1, 0.15) is 188 Å². The van der Waals surface area contributed by atoms with Crippen LogP contribution >= 0.6 is 23.2 Å². The number of nitrogens with one attached hydrogen (secondary N) is 1. The summed E-state index contributed by atoms with van der Waals surface area (Å²) in [4.78, 5) is 139. The van der Waals surface area contributed by atoms with Gasteiger partial charge in [-0.1, -0.05) is 118 Å². The number of amides is 3. The Morgan fingerprint density at radius 1 is 0.627 bits per heavy atom. The van der Waals surface area contributed by atoms with Crippen LogP contribution in [0.3, 0.4) is 0 Å². The standard InChI is InChI=1S/C43H53ClF2N4O9S.C37H48ClN3O7.2CH4/c1-22-33-21-50(35(22)31(51)20-43(19-29(43)36(45)46)39(55)48-60(56,57)42(5)12-13-42)38(54)28(41(2,3)4)18-34(52)58-32-16-23-15-27(23)25(32)9-7-6-8-14-49-37(53)26-11-10-24(44)17-30(26)47-40(49)59-33;1-20-29-19-41(31(20)34(45)48-37(5,6)7)33(44)26(36(2,3)4)18-30(42)46-28-16-21-15-25(21)23(28)11-9-8-10-14-40-32(43)24-13-12-22(38)17-27(24)39-35(40)47-29;;/h6,8,10-11,17,22-23,25,27-29,32-33,35-36H,7,9,12-16,18-21H2,1-5H3,(H,48,55);8,10,12-13,17,20-21,23,25-26,28-29,31H,9,11,14-16,18-19H2,1-7H3;2*1H4/b8-6+;10-8+;;/t22-,23+,25-,27+,28-,29+,32-,33+,35+,43-;20-,21+,23-,25+,26-,28-,29+,31+;;/m11../s1. The molecule has 23 nitrogen and oxygen atoms in total. The summed E-state index contributed by atoms with van der Waals surface area (Å²) in [6.45, 7) is 21.6. The lowest BCUT2D eigenvalue weighted by Crippen LogP contribution is -2.50. The molecule has 10 aliphatic rings. The van der Waals surface area contributed by atoms with E-state index in [2.05, 4.69) is 6.08 Å². The summed E-state index contributed by atoms with van der Waals surface area (Å²) in [6.07, 6.45) is 8.63. The van der Waals surface area contributed by atoms with E-state index < -0.39 is 145 Å². The van der Waals surface area contributed by atoms with E-state index in [4.69, 9.17) is 56.9 Å². The lowest BCUT2D eigenvalue weighted by atomic mass is 9.77. The van der Waals surface area contributed by atoms with Crippen LogP contribution in [0.25, 0.3) is 21.8 Å². The van der Waals surface area contributed by atoms with Gasteiger partial charge in [0.2, 0.25) is 34.2 Å². The Labute approximate surface area is 653 Å². The summed E-state index contributed by atoms with van der Waals surface area (Å²) in [6, 6.07) is 7.32. The molecule has 602 valence electrons. The number of carbonyl (C=O) groups excluding carboxylic acids is 7. The molecule has 18 atom stereocenters. The molecule has 28 heteroatoms. The van der Waals surface area contributed by atoms with Crippen molar-refractivity contribution in [2.24, 2.45) is 81.3 Å². The van der Waals surface area contributed by atoms with E-state index in [1.165, 1.54) is 31.9 Å². The number of ether oxygens (including phenoxy) is 5. The number of Topliss-reactive ketones (excluding diaryl/α,β-unsaturated/α-hetero) is 1. The maximum Gasteiger partial charge on any atom is 0.329 e. The van der Waals surface area contributed by atoms with Crippen LogP contribution in [0.4, 0.5) is 8.78 Å². The molecule has 6 heterocycles. The second-order valence-electron chi connectivity index (χ2n) is 35.7. The van der Waals surface area contributed by atoms with Crippen LogP contribution in [0.15, 0.2) is 70.3 Å². The number of benzene rings is 2. The average Bonchev–Trinajstić information content (AvgIpc) is 1.55. The number of hydrogen-bond acceptors (Lipinski definition) is 18. The van der Waals surface area contributed by atoms with Gasteiger partial charge in [-0.05, 0) is 181 Å². The van der Waals surface area contributed by atoms with E-state index in [1.54, 1.807) is 78.8 Å². The molecule has 6 saturated carbocycles. The Hall–Kier alpha value is -7.32. The molecule has 1 N–H and O–H groups in total. The number of alkyl halides is 2. The van der Waals surface area contributed by atoms with E-state index in [9.17, 15) is 60.3 Å². The van der Waals surface area contributed by atoms with Gasteiger partial charge < -0.3 is 33.5 Å². The summed E-state index contributed by atoms with van der Waals surface area (Å²) < 4.78 is 89.8. The number of halogens is 4. The highest BCUT2D eigenvalue weighted by Crippen LogP contribution is 2.61. The fraction of sp³-hybridized carbons (Fsp3) is 0.671. The Kier molecular flexibility index (Phi) is 23.7. The molecule has 4 aliphatic heterocycles. The third-order valence-electron chi connectivity index (χ3n) is 24.9. The summed E-state index contributed by atoms with van der Waals surface area (Å²) >= 11 is 12.6. The predicted octanol–water partition coefficient (Wildman–Crippen LogP) is 13.1. The minimum Gasteiger partial charge on any atom is -0.462 e. The van der Waals surface area contributed by atoms with Crippen LogP contribution in [-0.4, -0.2) is 145 Å². The van der Waals surface area contributed by atoms with Crippen molar-refractivity contribution in [3.05, 3.63) is 91.5 Å². The third kappa shape index (κ3) is 17.0. The summed E-state index contributed by atoms with van der Waals surface area (Å²) in [5, 5.41) is 1.48. The van der Waals surface area contributed by atoms with E-state index in [-0.39, 0.29) is 113 Å². The molecule has 4 aromatic rings. The minimum atomic E-state index is -4.22. The van der Waals surface area contributed by atoms with E-state index in [0.717, 1.165) is 44.9 Å².